The Labute approximate surface area is 208 Å². The monoisotopic (exact) mass is 467 g/mol. The molecule has 3 heteroatoms. The molecule has 3 nitrogen and oxygen atoms in total. The minimum atomic E-state index is -0.914. The summed E-state index contributed by atoms with van der Waals surface area (Å²) in [7, 11) is 0. The van der Waals surface area contributed by atoms with Crippen molar-refractivity contribution in [3.05, 3.63) is 12.2 Å². The molecule has 0 saturated carbocycles. The van der Waals surface area contributed by atoms with E-state index in [1.165, 1.54) is 128 Å². The number of hydrogen-bond acceptors (Lipinski definition) is 2. The zero-order valence-corrected chi connectivity index (χ0v) is 22.9. The molecule has 0 aliphatic carbocycles. The lowest BCUT2D eigenvalue weighted by atomic mass is 10.1. The predicted octanol–water partition coefficient (Wildman–Crippen LogP) is 7.92. The lowest BCUT2D eigenvalue weighted by Crippen LogP contribution is -2.50. The molecule has 0 unspecified atom stereocenters. The lowest BCUT2D eigenvalue weighted by Gasteiger charge is -2.01. The third-order valence-corrected chi connectivity index (χ3v) is 6.25. The molecule has 0 aromatic heterocycles. The largest absolute Gasteiger partial charge is 0.550 e. The van der Waals surface area contributed by atoms with Crippen molar-refractivity contribution in [1.82, 2.24) is 0 Å². The summed E-state index contributed by atoms with van der Waals surface area (Å²) in [4.78, 5) is 10.2. The quantitative estimate of drug-likeness (QED) is 0.109. The number of carboxylic acids is 1. The van der Waals surface area contributed by atoms with Crippen LogP contribution in [0.3, 0.4) is 0 Å². The van der Waals surface area contributed by atoms with Crippen molar-refractivity contribution in [2.75, 3.05) is 6.54 Å². The van der Waals surface area contributed by atoms with Gasteiger partial charge in [-0.3, -0.25) is 0 Å². The van der Waals surface area contributed by atoms with Gasteiger partial charge in [0.25, 0.3) is 0 Å². The van der Waals surface area contributed by atoms with Crippen LogP contribution in [0.25, 0.3) is 0 Å². The van der Waals surface area contributed by atoms with Crippen molar-refractivity contribution in [2.24, 2.45) is 0 Å². The zero-order chi connectivity index (χ0) is 24.7. The van der Waals surface area contributed by atoms with Gasteiger partial charge < -0.3 is 15.6 Å². The molecule has 0 amide bonds. The van der Waals surface area contributed by atoms with Crippen molar-refractivity contribution >= 4 is 5.97 Å². The fraction of sp³-hybridized carbons (Fsp3) is 0.900. The Morgan fingerprint density at radius 3 is 1.24 bits per heavy atom. The van der Waals surface area contributed by atoms with Crippen molar-refractivity contribution in [1.29, 1.82) is 0 Å². The fourth-order valence-corrected chi connectivity index (χ4v) is 4.00. The van der Waals surface area contributed by atoms with Gasteiger partial charge in [-0.2, -0.15) is 0 Å². The molecular weight excluding hydrogens is 406 g/mol. The average Bonchev–Trinajstić information content (AvgIpc) is 2.81. The van der Waals surface area contributed by atoms with Crippen molar-refractivity contribution in [3.8, 4) is 0 Å². The second-order valence-electron chi connectivity index (χ2n) is 9.74. The maximum absolute atomic E-state index is 10.2. The molecule has 0 radical (unpaired) electrons. The van der Waals surface area contributed by atoms with E-state index in [4.69, 9.17) is 0 Å². The molecule has 198 valence electrons. The first-order valence-electron chi connectivity index (χ1n) is 14.8. The minimum absolute atomic E-state index is 0.220. The van der Waals surface area contributed by atoms with Gasteiger partial charge in [0.15, 0.2) is 0 Å². The van der Waals surface area contributed by atoms with Gasteiger partial charge >= 0.3 is 0 Å². The topological polar surface area (TPSA) is 67.8 Å². The second-order valence-corrected chi connectivity index (χ2v) is 9.74. The highest BCUT2D eigenvalue weighted by Crippen LogP contribution is 2.11. The Balaban J connectivity index is 0. The van der Waals surface area contributed by atoms with Crippen LogP contribution >= 0.6 is 0 Å². The van der Waals surface area contributed by atoms with Crippen LogP contribution in [-0.2, 0) is 4.79 Å². The summed E-state index contributed by atoms with van der Waals surface area (Å²) in [5.41, 5.74) is 3.85. The summed E-state index contributed by atoms with van der Waals surface area (Å²) in [5.74, 6) is -0.914. The van der Waals surface area contributed by atoms with Crippen molar-refractivity contribution in [3.63, 3.8) is 0 Å². The SMILES string of the molecule is CCCCCCCC/C=C\CCCCCCCC(=O)[O-].CCCCCCCCCCCC[NH3+]. The molecule has 0 rings (SSSR count). The number of rotatable bonds is 25. The number of carbonyl (C=O) groups is 1. The van der Waals surface area contributed by atoms with Crippen LogP contribution in [0.1, 0.15) is 168 Å². The van der Waals surface area contributed by atoms with Gasteiger partial charge in [0.05, 0.1) is 6.54 Å². The minimum Gasteiger partial charge on any atom is -0.550 e. The molecule has 0 aromatic rings. The summed E-state index contributed by atoms with van der Waals surface area (Å²) in [6, 6.07) is 0. The van der Waals surface area contributed by atoms with Crippen LogP contribution in [-0.4, -0.2) is 12.5 Å². The average molecular weight is 468 g/mol. The summed E-state index contributed by atoms with van der Waals surface area (Å²) in [6.45, 7) is 5.65. The smallest absolute Gasteiger partial charge is 0.0739 e. The van der Waals surface area contributed by atoms with E-state index in [0.29, 0.717) is 0 Å². The zero-order valence-electron chi connectivity index (χ0n) is 22.9. The van der Waals surface area contributed by atoms with Crippen LogP contribution in [0.2, 0.25) is 0 Å². The Hall–Kier alpha value is -0.830. The van der Waals surface area contributed by atoms with E-state index >= 15 is 0 Å². The highest BCUT2D eigenvalue weighted by molar-refractivity contribution is 5.64. The first kappa shape index (κ1) is 34.3. The third kappa shape index (κ3) is 38.7. The number of aliphatic carboxylic acids is 1. The van der Waals surface area contributed by atoms with Crippen LogP contribution < -0.4 is 10.8 Å². The molecule has 0 saturated heterocycles. The van der Waals surface area contributed by atoms with E-state index in [0.717, 1.165) is 25.8 Å². The summed E-state index contributed by atoms with van der Waals surface area (Å²) < 4.78 is 0. The number of allylic oxidation sites excluding steroid dienone is 2. The Bertz CT molecular complexity index is 371. The van der Waals surface area contributed by atoms with Gasteiger partial charge in [0.2, 0.25) is 0 Å². The van der Waals surface area contributed by atoms with E-state index in [1.807, 2.05) is 0 Å². The number of carboxylic acid groups (broad SMARTS) is 1. The number of hydrogen-bond donors (Lipinski definition) is 1. The Kier molecular flexibility index (Phi) is 34.7. The second kappa shape index (κ2) is 33.3. The maximum atomic E-state index is 10.2. The molecule has 0 spiro atoms. The summed E-state index contributed by atoms with van der Waals surface area (Å²) in [6.07, 6.45) is 35.1. The van der Waals surface area contributed by atoms with E-state index in [9.17, 15) is 9.90 Å². The number of quaternary nitrogens is 1. The fourth-order valence-electron chi connectivity index (χ4n) is 4.00. The number of carbonyl (C=O) groups excluding carboxylic acids is 1. The van der Waals surface area contributed by atoms with Crippen LogP contribution in [0.4, 0.5) is 0 Å². The van der Waals surface area contributed by atoms with Gasteiger partial charge in [-0.1, -0.05) is 129 Å². The normalized spacial score (nSPS) is 11.0. The molecule has 0 aliphatic rings. The van der Waals surface area contributed by atoms with E-state index < -0.39 is 5.97 Å². The molecule has 3 N–H and O–H groups in total. The van der Waals surface area contributed by atoms with Gasteiger partial charge in [-0.25, -0.2) is 0 Å². The molecule has 0 heterocycles. The van der Waals surface area contributed by atoms with Crippen LogP contribution in [0.15, 0.2) is 12.2 Å². The highest BCUT2D eigenvalue weighted by Gasteiger charge is 1.92. The Morgan fingerprint density at radius 2 is 0.879 bits per heavy atom. The standard InChI is InChI=1S/C18H34O2.C12H27N/c1-2-3-4-5-6-7-8-9-10-11-12-13-14-15-16-17-18(19)20;1-2-3-4-5-6-7-8-9-10-11-12-13/h9-10H,2-8,11-17H2,1H3,(H,19,20);2-13H2,1H3/b10-9-;. The molecule has 0 atom stereocenters. The van der Waals surface area contributed by atoms with Crippen LogP contribution in [0.5, 0.6) is 0 Å². The van der Waals surface area contributed by atoms with Crippen molar-refractivity contribution < 1.29 is 15.6 Å². The van der Waals surface area contributed by atoms with E-state index in [1.54, 1.807) is 0 Å². The van der Waals surface area contributed by atoms with Gasteiger partial charge in [-0.05, 0) is 51.4 Å². The van der Waals surface area contributed by atoms with E-state index in [2.05, 4.69) is 31.7 Å². The van der Waals surface area contributed by atoms with Gasteiger partial charge in [0.1, 0.15) is 0 Å². The molecule has 0 aromatic carbocycles. The molecular formula is C30H61NO2. The lowest BCUT2D eigenvalue weighted by molar-refractivity contribution is -0.368. The van der Waals surface area contributed by atoms with Crippen molar-refractivity contribution in [2.45, 2.75) is 168 Å². The number of unbranched alkanes of at least 4 members (excludes halogenated alkanes) is 20. The first-order chi connectivity index (χ1) is 16.2. The van der Waals surface area contributed by atoms with Crippen LogP contribution in [0, 0.1) is 0 Å². The third-order valence-electron chi connectivity index (χ3n) is 6.25. The predicted molar refractivity (Wildman–Crippen MR) is 144 cm³/mol. The first-order valence-corrected chi connectivity index (χ1v) is 14.8. The molecule has 0 fully saturated rings. The Morgan fingerprint density at radius 1 is 0.545 bits per heavy atom. The highest BCUT2D eigenvalue weighted by atomic mass is 16.4. The molecule has 33 heavy (non-hydrogen) atoms. The van der Waals surface area contributed by atoms with Gasteiger partial charge in [0, 0.05) is 5.97 Å². The summed E-state index contributed by atoms with van der Waals surface area (Å²) >= 11 is 0. The van der Waals surface area contributed by atoms with Gasteiger partial charge in [-0.15, -0.1) is 0 Å². The van der Waals surface area contributed by atoms with E-state index in [-0.39, 0.29) is 6.42 Å². The summed E-state index contributed by atoms with van der Waals surface area (Å²) in [5, 5.41) is 10.2. The molecule has 0 bridgehead atoms. The maximum Gasteiger partial charge on any atom is 0.0739 e. The molecule has 0 aliphatic heterocycles.